The van der Waals surface area contributed by atoms with E-state index in [0.717, 1.165) is 23.9 Å². The Bertz CT molecular complexity index is 1950. The van der Waals surface area contributed by atoms with Crippen molar-refractivity contribution >= 4 is 39.4 Å². The number of carbonyl (C=O) groups is 2. The van der Waals surface area contributed by atoms with E-state index in [4.69, 9.17) is 9.47 Å². The number of ether oxygens (including phenoxy) is 2. The van der Waals surface area contributed by atoms with E-state index in [9.17, 15) is 14.4 Å². The van der Waals surface area contributed by atoms with Crippen molar-refractivity contribution in [3.05, 3.63) is 70.3 Å². The monoisotopic (exact) mass is 628 g/mol. The number of aromatic nitrogens is 1. The Labute approximate surface area is 265 Å². The van der Waals surface area contributed by atoms with Gasteiger partial charge in [0, 0.05) is 45.5 Å². The zero-order chi connectivity index (χ0) is 32.3. The van der Waals surface area contributed by atoms with Gasteiger partial charge in [0.2, 0.25) is 5.43 Å². The highest BCUT2D eigenvalue weighted by molar-refractivity contribution is 6.02. The summed E-state index contributed by atoms with van der Waals surface area (Å²) < 4.78 is 29.9. The first-order valence-electron chi connectivity index (χ1n) is 15.6. The third-order valence-electron chi connectivity index (χ3n) is 8.70. The number of alkyl carbamates (subject to hydrolysis) is 1. The minimum atomic E-state index is -0.648. The molecule has 0 aliphatic carbocycles. The van der Waals surface area contributed by atoms with Gasteiger partial charge in [0.25, 0.3) is 5.91 Å². The number of likely N-dealkylation sites (N-methyl/N-ethyl adjacent to an activating group) is 1. The van der Waals surface area contributed by atoms with Gasteiger partial charge in [-0.2, -0.15) is 0 Å². The molecule has 12 heteroatoms. The Morgan fingerprint density at radius 2 is 1.74 bits per heavy atom. The van der Waals surface area contributed by atoms with Gasteiger partial charge in [-0.3, -0.25) is 15.0 Å². The molecule has 2 amide bonds. The molecule has 1 aromatic heterocycles. The van der Waals surface area contributed by atoms with Gasteiger partial charge in [-0.15, -0.1) is 0 Å². The van der Waals surface area contributed by atoms with Crippen LogP contribution < -0.4 is 25.8 Å². The average Bonchev–Trinajstić information content (AvgIpc) is 3.45. The number of carbonyl (C=O) groups excluding carboxylic acids is 2. The molecule has 7 rings (SSSR count). The second-order valence-electron chi connectivity index (χ2n) is 13.3. The second-order valence-corrected chi connectivity index (χ2v) is 13.3. The van der Waals surface area contributed by atoms with Crippen LogP contribution in [0.2, 0.25) is 0 Å². The number of amides is 2. The molecule has 3 aliphatic rings. The number of halogens is 1. The van der Waals surface area contributed by atoms with Gasteiger partial charge in [0.15, 0.2) is 17.3 Å². The topological polar surface area (TPSA) is 108 Å². The Kier molecular flexibility index (Phi) is 7.36. The van der Waals surface area contributed by atoms with Crippen LogP contribution in [-0.2, 0) is 4.74 Å². The summed E-state index contributed by atoms with van der Waals surface area (Å²) in [5.74, 6) is -0.532. The first kappa shape index (κ1) is 30.0. The molecule has 0 saturated carbocycles. The maximum absolute atomic E-state index is 16.2. The normalized spacial score (nSPS) is 18.4. The molecule has 3 aromatic carbocycles. The van der Waals surface area contributed by atoms with Gasteiger partial charge in [0.1, 0.15) is 22.4 Å². The highest BCUT2D eigenvalue weighted by Crippen LogP contribution is 2.48. The molecular formula is C34H37FN6O5. The van der Waals surface area contributed by atoms with Gasteiger partial charge >= 0.3 is 6.09 Å². The summed E-state index contributed by atoms with van der Waals surface area (Å²) in [7, 11) is 2.02. The first-order valence-corrected chi connectivity index (χ1v) is 15.6. The fourth-order valence-electron chi connectivity index (χ4n) is 6.42. The number of anilines is 1. The molecule has 2 N–H and O–H groups in total. The van der Waals surface area contributed by atoms with Crippen LogP contribution in [0.5, 0.6) is 11.5 Å². The number of rotatable bonds is 4. The summed E-state index contributed by atoms with van der Waals surface area (Å²) in [4.78, 5) is 43.9. The number of fused-ring (bicyclic) bond motifs is 3. The molecule has 46 heavy (non-hydrogen) atoms. The molecule has 0 bridgehead atoms. The molecule has 0 spiro atoms. The predicted molar refractivity (Wildman–Crippen MR) is 174 cm³/mol. The van der Waals surface area contributed by atoms with E-state index in [2.05, 4.69) is 15.6 Å². The summed E-state index contributed by atoms with van der Waals surface area (Å²) in [6.07, 6.45) is 1.57. The SMILES string of the molecule is CN1CCN(NC(=O)c2cn3c4c(c(N5CCC(NC(=O)OC(C)(C)C)C5)c(F)cc4c2=O)Oc2cc4ccccc4cc2-3)CC1. The lowest BCUT2D eigenvalue weighted by Gasteiger charge is -2.32. The van der Waals surface area contributed by atoms with E-state index in [1.807, 2.05) is 48.3 Å². The molecule has 4 heterocycles. The van der Waals surface area contributed by atoms with Crippen molar-refractivity contribution < 1.29 is 23.5 Å². The van der Waals surface area contributed by atoms with Gasteiger partial charge in [-0.05, 0) is 63.2 Å². The second kappa shape index (κ2) is 11.3. The summed E-state index contributed by atoms with van der Waals surface area (Å²) >= 11 is 0. The minimum Gasteiger partial charge on any atom is -0.451 e. The number of nitrogens with one attached hydrogen (secondary N) is 2. The average molecular weight is 629 g/mol. The van der Waals surface area contributed by atoms with Crippen LogP contribution in [0, 0.1) is 5.82 Å². The number of pyridine rings is 1. The third-order valence-corrected chi connectivity index (χ3v) is 8.70. The molecule has 240 valence electrons. The van der Waals surface area contributed by atoms with Gasteiger partial charge < -0.3 is 29.2 Å². The summed E-state index contributed by atoms with van der Waals surface area (Å²) in [6.45, 7) is 8.94. The van der Waals surface area contributed by atoms with E-state index in [1.165, 1.54) is 12.3 Å². The summed E-state index contributed by atoms with van der Waals surface area (Å²) in [5.41, 5.74) is 2.77. The zero-order valence-electron chi connectivity index (χ0n) is 26.4. The maximum Gasteiger partial charge on any atom is 0.407 e. The van der Waals surface area contributed by atoms with Crippen molar-refractivity contribution in [3.63, 3.8) is 0 Å². The number of hydrazine groups is 1. The molecule has 3 aliphatic heterocycles. The zero-order valence-corrected chi connectivity index (χ0v) is 26.4. The molecule has 11 nitrogen and oxygen atoms in total. The van der Waals surface area contributed by atoms with Crippen LogP contribution in [-0.4, -0.2) is 84.4 Å². The van der Waals surface area contributed by atoms with Crippen LogP contribution in [0.25, 0.3) is 27.4 Å². The van der Waals surface area contributed by atoms with Crippen LogP contribution in [0.15, 0.2) is 53.5 Å². The maximum atomic E-state index is 16.2. The Balaban J connectivity index is 1.32. The van der Waals surface area contributed by atoms with Crippen molar-refractivity contribution in [1.82, 2.24) is 25.2 Å². The van der Waals surface area contributed by atoms with Crippen molar-refractivity contribution in [2.75, 3.05) is 51.2 Å². The number of hydrogen-bond acceptors (Lipinski definition) is 8. The van der Waals surface area contributed by atoms with Gasteiger partial charge in [-0.25, -0.2) is 14.2 Å². The van der Waals surface area contributed by atoms with E-state index in [0.29, 0.717) is 49.6 Å². The van der Waals surface area contributed by atoms with Crippen molar-refractivity contribution in [2.24, 2.45) is 0 Å². The molecule has 2 saturated heterocycles. The number of piperazine rings is 1. The number of nitrogens with zero attached hydrogens (tertiary/aromatic N) is 4. The Hall–Kier alpha value is -4.68. The number of benzene rings is 3. The molecule has 0 radical (unpaired) electrons. The fourth-order valence-corrected chi connectivity index (χ4v) is 6.42. The minimum absolute atomic E-state index is 0.0451. The third kappa shape index (κ3) is 5.51. The molecule has 2 fully saturated rings. The molecular weight excluding hydrogens is 591 g/mol. The molecule has 4 aromatic rings. The summed E-state index contributed by atoms with van der Waals surface area (Å²) in [6, 6.07) is 12.5. The fraction of sp³-hybridized carbons (Fsp3) is 0.382. The van der Waals surface area contributed by atoms with Crippen molar-refractivity contribution in [1.29, 1.82) is 0 Å². The van der Waals surface area contributed by atoms with E-state index < -0.39 is 28.8 Å². The highest BCUT2D eigenvalue weighted by atomic mass is 19.1. The van der Waals surface area contributed by atoms with Gasteiger partial charge in [-0.1, -0.05) is 24.3 Å². The Morgan fingerprint density at radius 3 is 2.46 bits per heavy atom. The molecule has 1 unspecified atom stereocenters. The lowest BCUT2D eigenvalue weighted by Crippen LogP contribution is -2.53. The molecule has 1 atom stereocenters. The quantitative estimate of drug-likeness (QED) is 0.302. The van der Waals surface area contributed by atoms with Crippen LogP contribution >= 0.6 is 0 Å². The van der Waals surface area contributed by atoms with Crippen molar-refractivity contribution in [2.45, 2.75) is 38.8 Å². The van der Waals surface area contributed by atoms with Crippen LogP contribution in [0.1, 0.15) is 37.6 Å². The number of hydrogen-bond donors (Lipinski definition) is 2. The standard InChI is InChI=1S/C34H37FN6O5/c1-34(2,3)46-33(44)36-22-9-10-39(18-22)29-25(35)17-23-28-31(29)45-27-16-21-8-6-5-7-20(21)15-26(27)41(28)19-24(30(23)42)32(43)37-40-13-11-38(4)12-14-40/h5-8,15-17,19,22H,9-14,18H2,1-4H3,(H,36,44)(H,37,43). The van der Waals surface area contributed by atoms with Crippen LogP contribution in [0.3, 0.4) is 0 Å². The van der Waals surface area contributed by atoms with Gasteiger partial charge in [0.05, 0.1) is 17.1 Å². The smallest absolute Gasteiger partial charge is 0.407 e. The van der Waals surface area contributed by atoms with E-state index in [-0.39, 0.29) is 28.4 Å². The predicted octanol–water partition coefficient (Wildman–Crippen LogP) is 4.38. The Morgan fingerprint density at radius 1 is 1.02 bits per heavy atom. The van der Waals surface area contributed by atoms with Crippen LogP contribution in [0.4, 0.5) is 14.9 Å². The largest absolute Gasteiger partial charge is 0.451 e. The van der Waals surface area contributed by atoms with Crippen molar-refractivity contribution in [3.8, 4) is 17.2 Å². The lowest BCUT2D eigenvalue weighted by molar-refractivity contribution is 0.0508. The summed E-state index contributed by atoms with van der Waals surface area (Å²) in [5, 5.41) is 6.60. The highest BCUT2D eigenvalue weighted by Gasteiger charge is 2.35. The first-order chi connectivity index (χ1) is 21.9. The lowest BCUT2D eigenvalue weighted by atomic mass is 10.0. The van der Waals surface area contributed by atoms with E-state index >= 15 is 4.39 Å². The van der Waals surface area contributed by atoms with E-state index in [1.54, 1.807) is 30.3 Å².